The number of rotatable bonds is 6. The molecule has 5 heteroatoms. The van der Waals surface area contributed by atoms with Crippen LogP contribution in [0.3, 0.4) is 0 Å². The molecule has 134 valence electrons. The lowest BCUT2D eigenvalue weighted by Crippen LogP contribution is -2.38. The fourth-order valence-corrected chi connectivity index (χ4v) is 4.26. The topological polar surface area (TPSA) is 41.3 Å². The van der Waals surface area contributed by atoms with Crippen LogP contribution >= 0.6 is 19.7 Å². The van der Waals surface area contributed by atoms with Crippen LogP contribution in [-0.2, 0) is 0 Å². The Labute approximate surface area is 157 Å². The largest absolute Gasteiger partial charge is 0.367 e. The smallest absolute Gasteiger partial charge is 0.103 e. The van der Waals surface area contributed by atoms with E-state index in [4.69, 9.17) is 17.1 Å². The average Bonchev–Trinajstić information content (AvgIpc) is 2.92. The van der Waals surface area contributed by atoms with Crippen molar-refractivity contribution in [3.05, 3.63) is 64.2 Å². The van der Waals surface area contributed by atoms with Crippen LogP contribution in [0.4, 0.5) is 0 Å². The van der Waals surface area contributed by atoms with Gasteiger partial charge in [0.25, 0.3) is 0 Å². The van der Waals surface area contributed by atoms with Crippen molar-refractivity contribution in [1.29, 1.82) is 0 Å². The standard InChI is InChI=1S/C20H27ClN3P/c1-4-11-24-19-13-15(16-7-5-6-8-17(16)21)9-10-18(19)23-20(24)12-14(2)25(3)22/h5-8,13,20,23H,2,4,9-12,22H2,1,3H3. The minimum atomic E-state index is -0.589. The molecule has 0 amide bonds. The molecule has 1 heterocycles. The molecule has 3 nitrogen and oxygen atoms in total. The zero-order chi connectivity index (χ0) is 18.0. The first-order chi connectivity index (χ1) is 12.0. The van der Waals surface area contributed by atoms with E-state index in [1.165, 1.54) is 17.0 Å². The summed E-state index contributed by atoms with van der Waals surface area (Å²) in [6, 6.07) is 8.12. The molecular formula is C20H27ClN3P. The highest BCUT2D eigenvalue weighted by atomic mass is 35.5. The van der Waals surface area contributed by atoms with E-state index in [0.717, 1.165) is 48.1 Å². The van der Waals surface area contributed by atoms with E-state index >= 15 is 0 Å². The first-order valence-corrected chi connectivity index (χ1v) is 11.1. The molecule has 0 saturated carbocycles. The zero-order valence-electron chi connectivity index (χ0n) is 15.1. The number of hydrogen-bond acceptors (Lipinski definition) is 3. The normalized spacial score (nSPS) is 20.9. The van der Waals surface area contributed by atoms with Gasteiger partial charge in [0.2, 0.25) is 0 Å². The zero-order valence-corrected chi connectivity index (χ0v) is 16.7. The number of benzene rings is 1. The molecule has 0 saturated heterocycles. The maximum Gasteiger partial charge on any atom is 0.103 e. The quantitative estimate of drug-likeness (QED) is 0.666. The molecule has 1 aliphatic carbocycles. The van der Waals surface area contributed by atoms with Gasteiger partial charge in [-0.3, -0.25) is 0 Å². The van der Waals surface area contributed by atoms with Crippen molar-refractivity contribution in [2.45, 2.75) is 38.8 Å². The number of nitrogens with two attached hydrogens (primary N) is 1. The van der Waals surface area contributed by atoms with Crippen molar-refractivity contribution in [2.24, 2.45) is 5.50 Å². The molecule has 0 bridgehead atoms. The first kappa shape index (κ1) is 18.5. The van der Waals surface area contributed by atoms with Gasteiger partial charge in [-0.2, -0.15) is 0 Å². The predicted molar refractivity (Wildman–Crippen MR) is 110 cm³/mol. The molecule has 1 aliphatic heterocycles. The van der Waals surface area contributed by atoms with Gasteiger partial charge >= 0.3 is 0 Å². The molecule has 0 spiro atoms. The molecule has 1 aromatic rings. The Hall–Kier alpha value is -1.28. The van der Waals surface area contributed by atoms with E-state index in [1.807, 2.05) is 12.1 Å². The van der Waals surface area contributed by atoms with Crippen molar-refractivity contribution < 1.29 is 0 Å². The molecule has 25 heavy (non-hydrogen) atoms. The lowest BCUT2D eigenvalue weighted by atomic mass is 9.94. The Morgan fingerprint density at radius 2 is 2.16 bits per heavy atom. The maximum atomic E-state index is 6.42. The van der Waals surface area contributed by atoms with Gasteiger partial charge < -0.3 is 15.7 Å². The van der Waals surface area contributed by atoms with E-state index < -0.39 is 8.07 Å². The van der Waals surface area contributed by atoms with Gasteiger partial charge in [0.05, 0.1) is 5.70 Å². The summed E-state index contributed by atoms with van der Waals surface area (Å²) in [5.41, 5.74) is 11.2. The van der Waals surface area contributed by atoms with Crippen LogP contribution in [0, 0.1) is 0 Å². The summed E-state index contributed by atoms with van der Waals surface area (Å²) < 4.78 is 0. The molecule has 0 fully saturated rings. The number of nitrogens with one attached hydrogen (secondary N) is 1. The number of nitrogens with zero attached hydrogens (tertiary/aromatic N) is 1. The second-order valence-electron chi connectivity index (χ2n) is 6.75. The molecule has 2 aliphatic rings. The van der Waals surface area contributed by atoms with Gasteiger partial charge in [0, 0.05) is 23.7 Å². The van der Waals surface area contributed by atoms with Crippen LogP contribution in [0.1, 0.15) is 38.2 Å². The summed E-state index contributed by atoms with van der Waals surface area (Å²) in [7, 11) is -0.589. The fraction of sp³-hybridized carbons (Fsp3) is 0.400. The van der Waals surface area contributed by atoms with Gasteiger partial charge in [-0.15, -0.1) is 0 Å². The average molecular weight is 376 g/mol. The predicted octanol–water partition coefficient (Wildman–Crippen LogP) is 5.26. The molecule has 3 N–H and O–H groups in total. The van der Waals surface area contributed by atoms with Crippen LogP contribution in [0.5, 0.6) is 0 Å². The Kier molecular flexibility index (Phi) is 5.89. The van der Waals surface area contributed by atoms with Crippen molar-refractivity contribution in [3.8, 4) is 0 Å². The summed E-state index contributed by atoms with van der Waals surface area (Å²) in [6.07, 6.45) is 6.65. The van der Waals surface area contributed by atoms with Crippen LogP contribution in [0.25, 0.3) is 5.57 Å². The summed E-state index contributed by atoms with van der Waals surface area (Å²) in [4.78, 5) is 2.48. The number of allylic oxidation sites excluding steroid dienone is 3. The van der Waals surface area contributed by atoms with Crippen LogP contribution in [0.15, 0.2) is 53.6 Å². The Bertz CT molecular complexity index is 723. The second-order valence-corrected chi connectivity index (χ2v) is 9.01. The van der Waals surface area contributed by atoms with Crippen LogP contribution in [-0.4, -0.2) is 24.3 Å². The summed E-state index contributed by atoms with van der Waals surface area (Å²) in [5.74, 6) is 0. The highest BCUT2D eigenvalue weighted by Gasteiger charge is 2.32. The summed E-state index contributed by atoms with van der Waals surface area (Å²) in [5, 5.41) is 5.71. The third-order valence-electron chi connectivity index (χ3n) is 4.90. The third-order valence-corrected chi connectivity index (χ3v) is 6.41. The van der Waals surface area contributed by atoms with Crippen LogP contribution < -0.4 is 10.8 Å². The highest BCUT2D eigenvalue weighted by molar-refractivity contribution is 7.58. The van der Waals surface area contributed by atoms with Gasteiger partial charge in [-0.1, -0.05) is 43.3 Å². The van der Waals surface area contributed by atoms with Gasteiger partial charge in [0.1, 0.15) is 6.17 Å². The molecular weight excluding hydrogens is 349 g/mol. The Balaban J connectivity index is 1.87. The van der Waals surface area contributed by atoms with Gasteiger partial charge in [0.15, 0.2) is 0 Å². The van der Waals surface area contributed by atoms with E-state index in [1.54, 1.807) is 0 Å². The number of hydrogen-bond donors (Lipinski definition) is 2. The molecule has 0 radical (unpaired) electrons. The molecule has 2 unspecified atom stereocenters. The van der Waals surface area contributed by atoms with Crippen molar-refractivity contribution in [2.75, 3.05) is 13.2 Å². The Morgan fingerprint density at radius 3 is 2.84 bits per heavy atom. The van der Waals surface area contributed by atoms with E-state index in [2.05, 4.69) is 48.6 Å². The van der Waals surface area contributed by atoms with E-state index in [0.29, 0.717) is 0 Å². The molecule has 0 aromatic heterocycles. The number of halogens is 1. The minimum Gasteiger partial charge on any atom is -0.367 e. The third kappa shape index (κ3) is 3.95. The van der Waals surface area contributed by atoms with Crippen molar-refractivity contribution in [1.82, 2.24) is 10.2 Å². The van der Waals surface area contributed by atoms with E-state index in [-0.39, 0.29) is 6.17 Å². The van der Waals surface area contributed by atoms with Gasteiger partial charge in [-0.25, -0.2) is 0 Å². The Morgan fingerprint density at radius 1 is 1.40 bits per heavy atom. The maximum absolute atomic E-state index is 6.42. The monoisotopic (exact) mass is 375 g/mol. The SMILES string of the molecule is C=C(CC1NC2=C(C=C(c3ccccc3Cl)CC2)N1CCC)P(C)N. The minimum absolute atomic E-state index is 0.271. The summed E-state index contributed by atoms with van der Waals surface area (Å²) >= 11 is 6.42. The van der Waals surface area contributed by atoms with Crippen molar-refractivity contribution >= 4 is 25.2 Å². The molecule has 2 atom stereocenters. The van der Waals surface area contributed by atoms with Crippen LogP contribution in [0.2, 0.25) is 5.02 Å². The highest BCUT2D eigenvalue weighted by Crippen LogP contribution is 2.40. The lowest BCUT2D eigenvalue weighted by molar-refractivity contribution is 0.265. The second kappa shape index (κ2) is 7.95. The molecule has 3 rings (SSSR count). The van der Waals surface area contributed by atoms with Crippen molar-refractivity contribution in [3.63, 3.8) is 0 Å². The lowest BCUT2D eigenvalue weighted by Gasteiger charge is -2.29. The fourth-order valence-electron chi connectivity index (χ4n) is 3.54. The summed E-state index contributed by atoms with van der Waals surface area (Å²) in [6.45, 7) is 9.51. The van der Waals surface area contributed by atoms with E-state index in [9.17, 15) is 0 Å². The molecule has 1 aromatic carbocycles. The first-order valence-electron chi connectivity index (χ1n) is 8.89. The van der Waals surface area contributed by atoms with Gasteiger partial charge in [-0.05, 0) is 62.6 Å².